The van der Waals surface area contributed by atoms with E-state index in [1.54, 1.807) is 16.9 Å². The van der Waals surface area contributed by atoms with Gasteiger partial charge in [0.2, 0.25) is 0 Å². The molecule has 8 nitrogen and oxygen atoms in total. The van der Waals surface area contributed by atoms with E-state index in [1.165, 1.54) is 12.1 Å². The standard InChI is InChI=1S/C24H23FN6O2/c1-4-31-22-13-7-19(24(26)27-9-13)33-12(2)16-8-14(25)5-6-15(16)21-17(10-30(3)29-21)23-20(22)18(28-31)11-32-23/h5-10,12,23H,4,11H2,1-3H3,(H2,26,27)/t12-,23-/m1/s1. The predicted octanol–water partition coefficient (Wildman–Crippen LogP) is 4.16. The van der Waals surface area contributed by atoms with Crippen LogP contribution in [0.4, 0.5) is 10.2 Å². The van der Waals surface area contributed by atoms with E-state index in [0.717, 1.165) is 39.3 Å². The topological polar surface area (TPSA) is 93.0 Å². The van der Waals surface area contributed by atoms with Crippen LogP contribution in [-0.4, -0.2) is 24.5 Å². The molecule has 0 fully saturated rings. The smallest absolute Gasteiger partial charge is 0.166 e. The summed E-state index contributed by atoms with van der Waals surface area (Å²) in [6.07, 6.45) is 2.82. The molecule has 0 amide bonds. The molecule has 2 aliphatic rings. The molecular formula is C24H23FN6O2. The van der Waals surface area contributed by atoms with Gasteiger partial charge in [-0.15, -0.1) is 0 Å². The van der Waals surface area contributed by atoms with Gasteiger partial charge in [-0.25, -0.2) is 9.37 Å². The SMILES string of the molecule is CCn1nc2c3c1-c1cnc(N)c(c1)O[C@H](C)c1cc(F)ccc1-c1nn(C)cc1[C@H]3OC2. The maximum atomic E-state index is 14.3. The van der Waals surface area contributed by atoms with Crippen LogP contribution in [0, 0.1) is 5.82 Å². The van der Waals surface area contributed by atoms with Gasteiger partial charge in [-0.05, 0) is 38.1 Å². The Hall–Kier alpha value is -3.72. The summed E-state index contributed by atoms with van der Waals surface area (Å²) in [6, 6.07) is 6.54. The van der Waals surface area contributed by atoms with Crippen LogP contribution in [0.3, 0.4) is 0 Å². The Labute approximate surface area is 189 Å². The lowest BCUT2D eigenvalue weighted by molar-refractivity contribution is 0.0914. The Kier molecular flexibility index (Phi) is 4.31. The number of aryl methyl sites for hydroxylation is 2. The normalized spacial score (nSPS) is 18.5. The first-order valence-corrected chi connectivity index (χ1v) is 10.9. The zero-order valence-electron chi connectivity index (χ0n) is 18.5. The Balaban J connectivity index is 1.70. The van der Waals surface area contributed by atoms with Crippen molar-refractivity contribution in [2.75, 3.05) is 5.73 Å². The summed E-state index contributed by atoms with van der Waals surface area (Å²) in [5.74, 6) is 0.357. The lowest BCUT2D eigenvalue weighted by Gasteiger charge is -2.22. The number of hydrogen-bond donors (Lipinski definition) is 1. The fraction of sp³-hybridized carbons (Fsp3) is 0.292. The Morgan fingerprint density at radius 2 is 2.06 bits per heavy atom. The zero-order valence-corrected chi connectivity index (χ0v) is 18.5. The number of ether oxygens (including phenoxy) is 2. The molecule has 9 heteroatoms. The third-order valence-corrected chi connectivity index (χ3v) is 6.32. The first kappa shape index (κ1) is 19.9. The molecule has 0 saturated carbocycles. The van der Waals surface area contributed by atoms with Crippen molar-refractivity contribution in [1.82, 2.24) is 24.5 Å². The van der Waals surface area contributed by atoms with Crippen molar-refractivity contribution >= 4 is 5.82 Å². The minimum absolute atomic E-state index is 0.270. The fourth-order valence-electron chi connectivity index (χ4n) is 4.86. The van der Waals surface area contributed by atoms with Crippen LogP contribution < -0.4 is 10.5 Å². The average Bonchev–Trinajstić information content (AvgIpc) is 3.47. The number of benzene rings is 1. The summed E-state index contributed by atoms with van der Waals surface area (Å²) in [5, 5.41) is 9.55. The quantitative estimate of drug-likeness (QED) is 0.472. The van der Waals surface area contributed by atoms with Crippen LogP contribution in [0.2, 0.25) is 0 Å². The fourth-order valence-corrected chi connectivity index (χ4v) is 4.86. The third-order valence-electron chi connectivity index (χ3n) is 6.32. The van der Waals surface area contributed by atoms with E-state index < -0.39 is 6.10 Å². The molecule has 1 aromatic carbocycles. The summed E-state index contributed by atoms with van der Waals surface area (Å²) in [6.45, 7) is 5.00. The Morgan fingerprint density at radius 3 is 2.88 bits per heavy atom. The molecule has 2 aliphatic heterocycles. The molecule has 2 bridgehead atoms. The van der Waals surface area contributed by atoms with Gasteiger partial charge in [0.1, 0.15) is 18.0 Å². The highest BCUT2D eigenvalue weighted by molar-refractivity contribution is 5.73. The van der Waals surface area contributed by atoms with Crippen LogP contribution >= 0.6 is 0 Å². The predicted molar refractivity (Wildman–Crippen MR) is 120 cm³/mol. The first-order chi connectivity index (χ1) is 15.9. The lowest BCUT2D eigenvalue weighted by atomic mass is 9.93. The minimum Gasteiger partial charge on any atom is -0.482 e. The van der Waals surface area contributed by atoms with Gasteiger partial charge in [0.25, 0.3) is 0 Å². The van der Waals surface area contributed by atoms with Gasteiger partial charge in [-0.1, -0.05) is 0 Å². The number of hydrogen-bond acceptors (Lipinski definition) is 6. The molecule has 0 aliphatic carbocycles. The summed E-state index contributed by atoms with van der Waals surface area (Å²) >= 11 is 0. The second-order valence-electron chi connectivity index (χ2n) is 8.42. The maximum absolute atomic E-state index is 14.3. The van der Waals surface area contributed by atoms with Crippen LogP contribution in [0.5, 0.6) is 5.75 Å². The highest BCUT2D eigenvalue weighted by Gasteiger charge is 2.37. The largest absolute Gasteiger partial charge is 0.482 e. The average molecular weight is 446 g/mol. The van der Waals surface area contributed by atoms with Crippen molar-refractivity contribution in [3.8, 4) is 28.3 Å². The van der Waals surface area contributed by atoms with Gasteiger partial charge in [0.15, 0.2) is 11.6 Å². The van der Waals surface area contributed by atoms with E-state index in [0.29, 0.717) is 24.5 Å². The van der Waals surface area contributed by atoms with Crippen LogP contribution in [0.25, 0.3) is 22.5 Å². The van der Waals surface area contributed by atoms with E-state index in [1.807, 2.05) is 30.9 Å². The lowest BCUT2D eigenvalue weighted by Crippen LogP contribution is -2.11. The highest BCUT2D eigenvalue weighted by atomic mass is 19.1. The summed E-state index contributed by atoms with van der Waals surface area (Å²) in [4.78, 5) is 4.39. The summed E-state index contributed by atoms with van der Waals surface area (Å²) in [5.41, 5.74) is 12.9. The maximum Gasteiger partial charge on any atom is 0.166 e. The number of pyridine rings is 1. The van der Waals surface area contributed by atoms with E-state index in [9.17, 15) is 4.39 Å². The van der Waals surface area contributed by atoms with Crippen LogP contribution in [-0.2, 0) is 24.9 Å². The summed E-state index contributed by atoms with van der Waals surface area (Å²) < 4.78 is 30.6. The molecule has 0 spiro atoms. The van der Waals surface area contributed by atoms with Gasteiger partial charge < -0.3 is 15.2 Å². The van der Waals surface area contributed by atoms with Gasteiger partial charge in [-0.2, -0.15) is 10.2 Å². The van der Waals surface area contributed by atoms with Crippen molar-refractivity contribution in [2.24, 2.45) is 7.05 Å². The van der Waals surface area contributed by atoms with Crippen molar-refractivity contribution in [3.05, 3.63) is 64.9 Å². The molecule has 4 aromatic rings. The number of halogens is 1. The second kappa shape index (κ2) is 7.14. The molecule has 3 aromatic heterocycles. The molecule has 168 valence electrons. The van der Waals surface area contributed by atoms with Crippen molar-refractivity contribution < 1.29 is 13.9 Å². The van der Waals surface area contributed by atoms with E-state index >= 15 is 0 Å². The van der Waals surface area contributed by atoms with E-state index in [-0.39, 0.29) is 17.7 Å². The third kappa shape index (κ3) is 2.96. The number of rotatable bonds is 1. The van der Waals surface area contributed by atoms with Gasteiger partial charge in [0.05, 0.1) is 23.7 Å². The molecule has 2 atom stereocenters. The molecule has 5 heterocycles. The number of nitrogen functional groups attached to an aromatic ring is 1. The van der Waals surface area contributed by atoms with E-state index in [2.05, 4.69) is 11.9 Å². The Bertz CT molecular complexity index is 1410. The second-order valence-corrected chi connectivity index (χ2v) is 8.42. The monoisotopic (exact) mass is 446 g/mol. The highest BCUT2D eigenvalue weighted by Crippen LogP contribution is 2.46. The molecule has 0 saturated heterocycles. The number of aromatic nitrogens is 5. The van der Waals surface area contributed by atoms with Gasteiger partial charge in [0, 0.05) is 53.8 Å². The number of fused-ring (bicyclic) bond motifs is 7. The molecule has 0 unspecified atom stereocenters. The molecular weight excluding hydrogens is 423 g/mol. The zero-order chi connectivity index (χ0) is 22.9. The summed E-state index contributed by atoms with van der Waals surface area (Å²) in [7, 11) is 1.87. The number of anilines is 1. The van der Waals surface area contributed by atoms with Crippen LogP contribution in [0.15, 0.2) is 36.7 Å². The van der Waals surface area contributed by atoms with Gasteiger partial charge >= 0.3 is 0 Å². The Morgan fingerprint density at radius 1 is 1.21 bits per heavy atom. The minimum atomic E-state index is -0.500. The van der Waals surface area contributed by atoms with Crippen LogP contribution in [0.1, 0.15) is 48.4 Å². The first-order valence-electron chi connectivity index (χ1n) is 10.9. The molecule has 0 radical (unpaired) electrons. The van der Waals surface area contributed by atoms with Gasteiger partial charge in [-0.3, -0.25) is 9.36 Å². The number of nitrogens with zero attached hydrogens (tertiary/aromatic N) is 5. The van der Waals surface area contributed by atoms with E-state index in [4.69, 9.17) is 25.4 Å². The van der Waals surface area contributed by atoms with Crippen molar-refractivity contribution in [3.63, 3.8) is 0 Å². The molecule has 33 heavy (non-hydrogen) atoms. The molecule has 6 rings (SSSR count). The van der Waals surface area contributed by atoms with Crippen molar-refractivity contribution in [1.29, 1.82) is 0 Å². The molecule has 2 N–H and O–H groups in total. The number of nitrogens with two attached hydrogens (primary N) is 1. The van der Waals surface area contributed by atoms with Crippen molar-refractivity contribution in [2.45, 2.75) is 39.2 Å².